The lowest BCUT2D eigenvalue weighted by Crippen LogP contribution is -2.45. The molecule has 2 amide bonds. The molecule has 1 aromatic heterocycles. The van der Waals surface area contributed by atoms with Crippen molar-refractivity contribution in [3.05, 3.63) is 52.8 Å². The van der Waals surface area contributed by atoms with Crippen LogP contribution in [0.5, 0.6) is 0 Å². The second-order valence-electron chi connectivity index (χ2n) is 10.9. The molecule has 6 nitrogen and oxygen atoms in total. The van der Waals surface area contributed by atoms with Crippen molar-refractivity contribution in [3.8, 4) is 0 Å². The van der Waals surface area contributed by atoms with E-state index in [4.69, 9.17) is 5.10 Å². The summed E-state index contributed by atoms with van der Waals surface area (Å²) in [6.07, 6.45) is 8.96. The lowest BCUT2D eigenvalue weighted by Gasteiger charge is -2.31. The molecule has 0 unspecified atom stereocenters. The maximum Gasteiger partial charge on any atom is 0.318 e. The topological polar surface area (TPSA) is 67.2 Å². The van der Waals surface area contributed by atoms with E-state index in [2.05, 4.69) is 31.3 Å². The van der Waals surface area contributed by atoms with E-state index in [1.165, 1.54) is 24.8 Å². The first-order valence-electron chi connectivity index (χ1n) is 12.7. The van der Waals surface area contributed by atoms with Crippen molar-refractivity contribution in [2.75, 3.05) is 6.54 Å². The average molecular weight is 449 g/mol. The number of urea groups is 1. The fraction of sp³-hybridized carbons (Fsp3) is 0.593. The number of carbonyl (C=O) groups is 2. The Kier molecular flexibility index (Phi) is 6.02. The molecular formula is C27H36N4O2. The molecule has 2 heterocycles. The molecular weight excluding hydrogens is 412 g/mol. The summed E-state index contributed by atoms with van der Waals surface area (Å²) >= 11 is 0. The van der Waals surface area contributed by atoms with Crippen LogP contribution in [0.25, 0.3) is 0 Å². The molecule has 2 aromatic rings. The van der Waals surface area contributed by atoms with Gasteiger partial charge in [0.1, 0.15) is 0 Å². The molecule has 2 aliphatic carbocycles. The number of carbonyl (C=O) groups excluding carboxylic acids is 2. The lowest BCUT2D eigenvalue weighted by molar-refractivity contribution is 0.0907. The van der Waals surface area contributed by atoms with E-state index >= 15 is 0 Å². The first-order chi connectivity index (χ1) is 15.9. The highest BCUT2D eigenvalue weighted by atomic mass is 16.2. The number of hydrogen-bond acceptors (Lipinski definition) is 3. The predicted molar refractivity (Wildman–Crippen MR) is 128 cm³/mol. The second kappa shape index (κ2) is 8.96. The minimum absolute atomic E-state index is 0.0133. The summed E-state index contributed by atoms with van der Waals surface area (Å²) in [6, 6.07) is 10.5. The number of Topliss-reactive ketones (excluding diaryl/α,β-unsaturated/α-hetero) is 1. The highest BCUT2D eigenvalue weighted by molar-refractivity contribution is 6.00. The molecule has 2 fully saturated rings. The van der Waals surface area contributed by atoms with Gasteiger partial charge in [-0.1, -0.05) is 63.4 Å². The van der Waals surface area contributed by atoms with Gasteiger partial charge in [0, 0.05) is 19.0 Å². The fourth-order valence-corrected chi connectivity index (χ4v) is 5.96. The van der Waals surface area contributed by atoms with Crippen molar-refractivity contribution in [1.82, 2.24) is 20.0 Å². The Labute approximate surface area is 196 Å². The van der Waals surface area contributed by atoms with Crippen LogP contribution in [0.15, 0.2) is 30.3 Å². The Morgan fingerprint density at radius 2 is 1.82 bits per heavy atom. The second-order valence-corrected chi connectivity index (χ2v) is 10.9. The summed E-state index contributed by atoms with van der Waals surface area (Å²) in [5, 5.41) is 8.32. The van der Waals surface area contributed by atoms with E-state index in [0.717, 1.165) is 55.6 Å². The van der Waals surface area contributed by atoms with E-state index < -0.39 is 0 Å². The van der Waals surface area contributed by atoms with E-state index in [0.29, 0.717) is 13.0 Å². The predicted octanol–water partition coefficient (Wildman–Crippen LogP) is 5.27. The van der Waals surface area contributed by atoms with Gasteiger partial charge < -0.3 is 10.2 Å². The molecule has 33 heavy (non-hydrogen) atoms. The molecule has 0 radical (unpaired) electrons. The first kappa shape index (κ1) is 22.2. The molecule has 1 aromatic carbocycles. The van der Waals surface area contributed by atoms with Crippen molar-refractivity contribution in [1.29, 1.82) is 0 Å². The Morgan fingerprint density at radius 3 is 2.58 bits per heavy atom. The molecule has 0 bridgehead atoms. The normalized spacial score (nSPS) is 22.9. The number of amides is 2. The zero-order chi connectivity index (χ0) is 23.0. The van der Waals surface area contributed by atoms with Crippen molar-refractivity contribution in [2.45, 2.75) is 90.3 Å². The summed E-state index contributed by atoms with van der Waals surface area (Å²) in [7, 11) is 0. The van der Waals surface area contributed by atoms with Crippen LogP contribution in [-0.4, -0.2) is 39.1 Å². The summed E-state index contributed by atoms with van der Waals surface area (Å²) in [4.78, 5) is 28.6. The summed E-state index contributed by atoms with van der Waals surface area (Å²) < 4.78 is 2.04. The number of likely N-dealkylation sites (tertiary alicyclic amines) is 1. The highest BCUT2D eigenvalue weighted by Gasteiger charge is 2.41. The van der Waals surface area contributed by atoms with Gasteiger partial charge in [0.15, 0.2) is 5.78 Å². The number of nitrogens with one attached hydrogen (secondary N) is 1. The summed E-state index contributed by atoms with van der Waals surface area (Å²) in [5.41, 5.74) is 3.73. The quantitative estimate of drug-likeness (QED) is 0.693. The first-order valence-corrected chi connectivity index (χ1v) is 12.7. The van der Waals surface area contributed by atoms with Gasteiger partial charge >= 0.3 is 6.03 Å². The Hall–Kier alpha value is -2.63. The third-order valence-corrected chi connectivity index (χ3v) is 7.59. The van der Waals surface area contributed by atoms with Gasteiger partial charge in [-0.15, -0.1) is 0 Å². The summed E-state index contributed by atoms with van der Waals surface area (Å²) in [6.45, 7) is 5.69. The standard InChI is InChI=1S/C27H36N4O2/c1-27(2)16-22-24(23(32)17-27)25(29-31(22)18-19-10-5-3-6-11-19)21-14-9-15-30(21)26(33)28-20-12-7-4-8-13-20/h3,5-6,10-11,20-21H,4,7-9,12-18H2,1-2H3,(H,28,33)/t21-/m0/s1. The molecule has 176 valence electrons. The van der Waals surface area contributed by atoms with Crippen LogP contribution >= 0.6 is 0 Å². The molecule has 6 heteroatoms. The number of ketones is 1. The maximum atomic E-state index is 13.4. The molecule has 5 rings (SSSR count). The number of hydrogen-bond donors (Lipinski definition) is 1. The number of rotatable bonds is 4. The fourth-order valence-electron chi connectivity index (χ4n) is 5.96. The molecule has 1 saturated heterocycles. The number of benzene rings is 1. The minimum Gasteiger partial charge on any atom is -0.335 e. The van der Waals surface area contributed by atoms with E-state index in [-0.39, 0.29) is 29.3 Å². The highest BCUT2D eigenvalue weighted by Crippen LogP contribution is 2.41. The van der Waals surface area contributed by atoms with Gasteiger partial charge in [-0.2, -0.15) is 5.10 Å². The Bertz CT molecular complexity index is 1020. The molecule has 1 saturated carbocycles. The van der Waals surface area contributed by atoms with Crippen LogP contribution in [0.4, 0.5) is 4.79 Å². The third-order valence-electron chi connectivity index (χ3n) is 7.59. The summed E-state index contributed by atoms with van der Waals surface area (Å²) in [5.74, 6) is 0.176. The van der Waals surface area contributed by atoms with Crippen LogP contribution in [0.1, 0.15) is 98.6 Å². The number of fused-ring (bicyclic) bond motifs is 1. The van der Waals surface area contributed by atoms with E-state index in [1.807, 2.05) is 27.8 Å². The lowest BCUT2D eigenvalue weighted by atomic mass is 9.75. The molecule has 1 atom stereocenters. The molecule has 0 spiro atoms. The van der Waals surface area contributed by atoms with Crippen LogP contribution in [0.2, 0.25) is 0 Å². The zero-order valence-corrected chi connectivity index (χ0v) is 20.0. The van der Waals surface area contributed by atoms with Gasteiger partial charge in [0.05, 0.1) is 29.5 Å². The molecule has 1 aliphatic heterocycles. The zero-order valence-electron chi connectivity index (χ0n) is 20.0. The van der Waals surface area contributed by atoms with Gasteiger partial charge in [-0.3, -0.25) is 9.48 Å². The van der Waals surface area contributed by atoms with Crippen molar-refractivity contribution in [2.24, 2.45) is 5.41 Å². The average Bonchev–Trinajstić information content (AvgIpc) is 3.40. The van der Waals surface area contributed by atoms with Crippen LogP contribution in [0.3, 0.4) is 0 Å². The van der Waals surface area contributed by atoms with E-state index in [1.54, 1.807) is 0 Å². The Morgan fingerprint density at radius 1 is 1.06 bits per heavy atom. The largest absolute Gasteiger partial charge is 0.335 e. The van der Waals surface area contributed by atoms with Crippen molar-refractivity contribution < 1.29 is 9.59 Å². The maximum absolute atomic E-state index is 13.4. The van der Waals surface area contributed by atoms with E-state index in [9.17, 15) is 9.59 Å². The van der Waals surface area contributed by atoms with Crippen molar-refractivity contribution >= 4 is 11.8 Å². The SMILES string of the molecule is CC1(C)CC(=O)c2c([C@@H]3CCCN3C(=O)NC3CCCCC3)nn(Cc3ccccc3)c2C1. The monoisotopic (exact) mass is 448 g/mol. The van der Waals surface area contributed by atoms with Crippen LogP contribution in [0, 0.1) is 5.41 Å². The Balaban J connectivity index is 1.46. The van der Waals surface area contributed by atoms with Crippen molar-refractivity contribution in [3.63, 3.8) is 0 Å². The van der Waals surface area contributed by atoms with Gasteiger partial charge in [0.2, 0.25) is 0 Å². The van der Waals surface area contributed by atoms with Gasteiger partial charge in [-0.05, 0) is 43.1 Å². The molecule has 1 N–H and O–H groups in total. The molecule has 3 aliphatic rings. The van der Waals surface area contributed by atoms with Gasteiger partial charge in [0.25, 0.3) is 0 Å². The van der Waals surface area contributed by atoms with Crippen LogP contribution in [-0.2, 0) is 13.0 Å². The number of nitrogens with zero attached hydrogens (tertiary/aromatic N) is 3. The van der Waals surface area contributed by atoms with Gasteiger partial charge in [-0.25, -0.2) is 4.79 Å². The third kappa shape index (κ3) is 4.57. The van der Waals surface area contributed by atoms with Crippen LogP contribution < -0.4 is 5.32 Å². The minimum atomic E-state index is -0.121. The number of aromatic nitrogens is 2. The smallest absolute Gasteiger partial charge is 0.318 e.